The van der Waals surface area contributed by atoms with Gasteiger partial charge >= 0.3 is 0 Å². The molecule has 1 heterocycles. The van der Waals surface area contributed by atoms with Gasteiger partial charge in [0.25, 0.3) is 0 Å². The van der Waals surface area contributed by atoms with E-state index in [0.717, 1.165) is 17.1 Å². The third-order valence-electron chi connectivity index (χ3n) is 13.8. The third kappa shape index (κ3) is 4.88. The van der Waals surface area contributed by atoms with Gasteiger partial charge in [0.1, 0.15) is 0 Å². The number of rotatable bonds is 5. The molecule has 0 atom stereocenters. The van der Waals surface area contributed by atoms with E-state index < -0.39 is 0 Å². The van der Waals surface area contributed by atoms with Crippen LogP contribution in [0.3, 0.4) is 0 Å². The molecule has 2 aliphatic carbocycles. The van der Waals surface area contributed by atoms with Crippen LogP contribution >= 0.6 is 0 Å². The Kier molecular flexibility index (Phi) is 7.36. The summed E-state index contributed by atoms with van der Waals surface area (Å²) in [5.74, 6) is 0. The molecule has 12 rings (SSSR count). The van der Waals surface area contributed by atoms with Crippen LogP contribution in [0.1, 0.15) is 49.9 Å². The van der Waals surface area contributed by atoms with E-state index in [0.29, 0.717) is 0 Å². The highest BCUT2D eigenvalue weighted by molar-refractivity contribution is 6.09. The Morgan fingerprint density at radius 3 is 1.68 bits per heavy atom. The number of para-hydroxylation sites is 2. The quantitative estimate of drug-likeness (QED) is 0.169. The summed E-state index contributed by atoms with van der Waals surface area (Å²) in [5.41, 5.74) is 20.1. The normalized spacial score (nSPS) is 14.3. The first-order chi connectivity index (χ1) is 29.3. The number of hydrogen-bond donors (Lipinski definition) is 0. The fraction of sp³-hybridized carbons (Fsp3) is 0.103. The average molecular weight is 769 g/mol. The van der Waals surface area contributed by atoms with E-state index in [2.05, 4.69) is 231 Å². The molecule has 0 saturated heterocycles. The van der Waals surface area contributed by atoms with Crippen LogP contribution in [0.25, 0.3) is 71.6 Å². The predicted octanol–water partition coefficient (Wildman–Crippen LogP) is 15.7. The summed E-state index contributed by atoms with van der Waals surface area (Å²) in [7, 11) is 0. The second kappa shape index (κ2) is 12.7. The molecule has 0 spiro atoms. The maximum Gasteiger partial charge on any atom is 0.0543 e. The van der Waals surface area contributed by atoms with Crippen LogP contribution < -0.4 is 4.90 Å². The Hall–Kier alpha value is -7.16. The molecule has 1 aromatic heterocycles. The number of nitrogens with zero attached hydrogens (tertiary/aromatic N) is 2. The average Bonchev–Trinajstić information content (AvgIpc) is 3.83. The van der Waals surface area contributed by atoms with Crippen LogP contribution in [0.15, 0.2) is 194 Å². The molecule has 0 radical (unpaired) electrons. The lowest BCUT2D eigenvalue weighted by molar-refractivity contribution is 0.660. The van der Waals surface area contributed by atoms with Crippen LogP contribution in [0.2, 0.25) is 0 Å². The Labute approximate surface area is 351 Å². The van der Waals surface area contributed by atoms with Crippen molar-refractivity contribution in [3.05, 3.63) is 216 Å². The Balaban J connectivity index is 1.05. The van der Waals surface area contributed by atoms with Gasteiger partial charge in [-0.2, -0.15) is 0 Å². The monoisotopic (exact) mass is 768 g/mol. The van der Waals surface area contributed by atoms with Crippen molar-refractivity contribution >= 4 is 49.6 Å². The number of fused-ring (bicyclic) bond motifs is 10. The van der Waals surface area contributed by atoms with E-state index in [4.69, 9.17) is 0 Å². The minimum absolute atomic E-state index is 0.0683. The summed E-state index contributed by atoms with van der Waals surface area (Å²) < 4.78 is 2.39. The maximum absolute atomic E-state index is 2.52. The van der Waals surface area contributed by atoms with Crippen molar-refractivity contribution < 1.29 is 0 Å². The smallest absolute Gasteiger partial charge is 0.0543 e. The van der Waals surface area contributed by atoms with Gasteiger partial charge in [-0.05, 0) is 115 Å². The summed E-state index contributed by atoms with van der Waals surface area (Å²) in [6.07, 6.45) is 0. The van der Waals surface area contributed by atoms with Crippen molar-refractivity contribution in [2.45, 2.75) is 38.5 Å². The molecular formula is C58H44N2. The molecule has 0 amide bonds. The summed E-state index contributed by atoms with van der Waals surface area (Å²) in [4.78, 5) is 2.52. The molecular weight excluding hydrogens is 725 g/mol. The van der Waals surface area contributed by atoms with Crippen LogP contribution in [-0.2, 0) is 10.8 Å². The molecule has 0 aliphatic heterocycles. The Morgan fingerprint density at radius 1 is 0.383 bits per heavy atom. The third-order valence-corrected chi connectivity index (χ3v) is 13.8. The number of anilines is 3. The summed E-state index contributed by atoms with van der Waals surface area (Å²) >= 11 is 0. The van der Waals surface area contributed by atoms with Crippen molar-refractivity contribution in [3.63, 3.8) is 0 Å². The second-order valence-electron chi connectivity index (χ2n) is 17.7. The highest BCUT2D eigenvalue weighted by Crippen LogP contribution is 2.56. The highest BCUT2D eigenvalue weighted by atomic mass is 15.1. The zero-order valence-electron chi connectivity index (χ0n) is 34.4. The van der Waals surface area contributed by atoms with Crippen LogP contribution in [0.4, 0.5) is 17.1 Å². The van der Waals surface area contributed by atoms with E-state index in [1.54, 1.807) is 0 Å². The van der Waals surface area contributed by atoms with Crippen molar-refractivity contribution in [3.8, 4) is 39.1 Å². The maximum atomic E-state index is 2.52. The van der Waals surface area contributed by atoms with E-state index >= 15 is 0 Å². The molecule has 0 fully saturated rings. The molecule has 0 unspecified atom stereocenters. The topological polar surface area (TPSA) is 8.17 Å². The first kappa shape index (κ1) is 34.8. The van der Waals surface area contributed by atoms with Gasteiger partial charge in [-0.25, -0.2) is 0 Å². The van der Waals surface area contributed by atoms with Gasteiger partial charge < -0.3 is 9.47 Å². The number of benzene rings is 9. The highest BCUT2D eigenvalue weighted by Gasteiger charge is 2.39. The summed E-state index contributed by atoms with van der Waals surface area (Å²) in [6.45, 7) is 9.46. The lowest BCUT2D eigenvalue weighted by atomic mass is 9.82. The molecule has 0 N–H and O–H groups in total. The first-order valence-electron chi connectivity index (χ1n) is 21.2. The van der Waals surface area contributed by atoms with E-state index in [1.807, 2.05) is 0 Å². The van der Waals surface area contributed by atoms with E-state index in [-0.39, 0.29) is 10.8 Å². The van der Waals surface area contributed by atoms with Crippen molar-refractivity contribution in [1.82, 2.24) is 4.57 Å². The lowest BCUT2D eigenvalue weighted by Crippen LogP contribution is -2.16. The zero-order chi connectivity index (χ0) is 40.3. The first-order valence-corrected chi connectivity index (χ1v) is 21.2. The number of aromatic nitrogens is 1. The molecule has 286 valence electrons. The lowest BCUT2D eigenvalue weighted by Gasteiger charge is -2.30. The van der Waals surface area contributed by atoms with Gasteiger partial charge in [-0.15, -0.1) is 0 Å². The van der Waals surface area contributed by atoms with E-state index in [9.17, 15) is 0 Å². The summed E-state index contributed by atoms with van der Waals surface area (Å²) in [6, 6.07) is 72.4. The predicted molar refractivity (Wildman–Crippen MR) is 254 cm³/mol. The second-order valence-corrected chi connectivity index (χ2v) is 17.7. The van der Waals surface area contributed by atoms with Crippen molar-refractivity contribution in [2.24, 2.45) is 0 Å². The molecule has 2 heteroatoms. The van der Waals surface area contributed by atoms with Gasteiger partial charge in [0.15, 0.2) is 0 Å². The van der Waals surface area contributed by atoms with Crippen LogP contribution in [0.5, 0.6) is 0 Å². The molecule has 2 aliphatic rings. The number of hydrogen-bond acceptors (Lipinski definition) is 1. The van der Waals surface area contributed by atoms with E-state index in [1.165, 1.54) is 93.9 Å². The largest absolute Gasteiger partial charge is 0.310 e. The SMILES string of the molecule is CC1(C)c2ccccc2-c2cc(N(c3ccc4cccc(-c5ccc(-n6c7ccccc7c7ccccc76)cc5)c4c3)c3cccc4c3-c3ccccc3C4(C)C)ccc21. The van der Waals surface area contributed by atoms with Gasteiger partial charge in [0.2, 0.25) is 0 Å². The minimum Gasteiger partial charge on any atom is -0.310 e. The molecule has 2 nitrogen and oxygen atoms in total. The van der Waals surface area contributed by atoms with Crippen LogP contribution in [-0.4, -0.2) is 4.57 Å². The fourth-order valence-electron chi connectivity index (χ4n) is 10.8. The Morgan fingerprint density at radius 2 is 0.933 bits per heavy atom. The van der Waals surface area contributed by atoms with Gasteiger partial charge in [-0.1, -0.05) is 167 Å². The minimum atomic E-state index is -0.115. The van der Waals surface area contributed by atoms with Crippen molar-refractivity contribution in [2.75, 3.05) is 4.90 Å². The van der Waals surface area contributed by atoms with Crippen molar-refractivity contribution in [1.29, 1.82) is 0 Å². The van der Waals surface area contributed by atoms with Gasteiger partial charge in [-0.3, -0.25) is 0 Å². The zero-order valence-corrected chi connectivity index (χ0v) is 34.4. The molecule has 0 saturated carbocycles. The molecule has 0 bridgehead atoms. The van der Waals surface area contributed by atoms with Crippen LogP contribution in [0, 0.1) is 0 Å². The molecule has 60 heavy (non-hydrogen) atoms. The molecule has 10 aromatic rings. The standard InChI is InChI=1S/C58H44N2/c1-57(2)49-21-9-5-16-43(49)48-36-41(33-34-51(48)57)59(55-26-14-23-52-56(55)46-19-6-10-22-50(46)58(52,3)4)40-32-29-37-15-13-20-42(47(37)35-40)38-27-30-39(31-28-38)60-53-24-11-7-17-44(53)45-18-8-12-25-54(45)60/h5-36H,1-4H3. The van der Waals surface area contributed by atoms with Gasteiger partial charge in [0.05, 0.1) is 16.7 Å². The summed E-state index contributed by atoms with van der Waals surface area (Å²) in [5, 5.41) is 4.99. The molecule has 9 aromatic carbocycles. The van der Waals surface area contributed by atoms with Gasteiger partial charge in [0, 0.05) is 44.2 Å². The Bertz CT molecular complexity index is 3320. The fourth-order valence-corrected chi connectivity index (χ4v) is 10.8.